The van der Waals surface area contributed by atoms with Crippen LogP contribution in [-0.2, 0) is 11.2 Å². The normalized spacial score (nSPS) is 11.4. The number of hydrogen-bond acceptors (Lipinski definition) is 5. The van der Waals surface area contributed by atoms with Crippen molar-refractivity contribution < 1.29 is 4.74 Å². The first-order valence-electron chi connectivity index (χ1n) is 7.76. The number of likely N-dealkylation sites (N-methyl/N-ethyl adjacent to an activating group) is 1. The third-order valence-corrected chi connectivity index (χ3v) is 4.05. The monoisotopic (exact) mass is 455 g/mol. The molecule has 0 bridgehead atoms. The smallest absolute Gasteiger partial charge is 0.191 e. The molecular weight excluding hydrogens is 425 g/mol. The average molecular weight is 455 g/mol. The molecule has 0 amide bonds. The minimum atomic E-state index is 0. The summed E-state index contributed by atoms with van der Waals surface area (Å²) in [7, 11) is 3.81. The van der Waals surface area contributed by atoms with Crippen molar-refractivity contribution in [2.75, 3.05) is 53.5 Å². The molecule has 23 heavy (non-hydrogen) atoms. The predicted molar refractivity (Wildman–Crippen MR) is 109 cm³/mol. The lowest BCUT2D eigenvalue weighted by atomic mass is 10.4. The van der Waals surface area contributed by atoms with Crippen LogP contribution in [0.2, 0.25) is 0 Å². The Kier molecular flexibility index (Phi) is 13.7. The van der Waals surface area contributed by atoms with Gasteiger partial charge in [0.2, 0.25) is 0 Å². The Morgan fingerprint density at radius 1 is 1.39 bits per heavy atom. The van der Waals surface area contributed by atoms with E-state index in [-0.39, 0.29) is 24.0 Å². The Balaban J connectivity index is 0.00000484. The van der Waals surface area contributed by atoms with E-state index >= 15 is 0 Å². The van der Waals surface area contributed by atoms with Gasteiger partial charge in [-0.05, 0) is 20.9 Å². The standard InChI is InChI=1S/C15H29N5OS.HI/c1-5-16-15(18-8-9-20(3)10-11-21-4)17-7-6-14-19-12-13(2)22-14;/h12H,5-11H2,1-4H3,(H2,16,17,18);1H. The second kappa shape index (κ2) is 13.9. The fraction of sp³-hybridized carbons (Fsp3) is 0.733. The highest BCUT2D eigenvalue weighted by Gasteiger charge is 2.01. The maximum Gasteiger partial charge on any atom is 0.191 e. The number of rotatable bonds is 10. The number of ether oxygens (including phenoxy) is 1. The summed E-state index contributed by atoms with van der Waals surface area (Å²) in [6.07, 6.45) is 2.85. The maximum atomic E-state index is 5.07. The molecule has 1 aromatic heterocycles. The summed E-state index contributed by atoms with van der Waals surface area (Å²) in [5.41, 5.74) is 0. The van der Waals surface area contributed by atoms with E-state index in [1.54, 1.807) is 18.4 Å². The first kappa shape index (κ1) is 22.6. The quantitative estimate of drug-likeness (QED) is 0.320. The van der Waals surface area contributed by atoms with Gasteiger partial charge in [0, 0.05) is 50.8 Å². The summed E-state index contributed by atoms with van der Waals surface area (Å²) >= 11 is 1.75. The summed E-state index contributed by atoms with van der Waals surface area (Å²) in [5.74, 6) is 0.871. The summed E-state index contributed by atoms with van der Waals surface area (Å²) in [6.45, 7) is 9.25. The van der Waals surface area contributed by atoms with Crippen molar-refractivity contribution in [2.45, 2.75) is 20.3 Å². The minimum absolute atomic E-state index is 0. The first-order chi connectivity index (χ1) is 10.7. The Hall–Kier alpha value is -0.450. The number of methoxy groups -OCH3 is 1. The molecule has 1 aromatic rings. The largest absolute Gasteiger partial charge is 0.383 e. The fourth-order valence-electron chi connectivity index (χ4n) is 1.84. The molecule has 0 saturated carbocycles. The average Bonchev–Trinajstić information content (AvgIpc) is 2.90. The molecule has 134 valence electrons. The van der Waals surface area contributed by atoms with Gasteiger partial charge in [-0.25, -0.2) is 4.98 Å². The molecule has 1 heterocycles. The summed E-state index contributed by atoms with van der Waals surface area (Å²) in [4.78, 5) is 12.4. The summed E-state index contributed by atoms with van der Waals surface area (Å²) in [6, 6.07) is 0. The Bertz CT molecular complexity index is 441. The number of nitrogens with one attached hydrogen (secondary N) is 2. The summed E-state index contributed by atoms with van der Waals surface area (Å²) < 4.78 is 5.07. The van der Waals surface area contributed by atoms with Gasteiger partial charge in [0.05, 0.1) is 18.2 Å². The molecule has 1 rings (SSSR count). The molecular formula is C15H30IN5OS. The van der Waals surface area contributed by atoms with Crippen molar-refractivity contribution in [3.05, 3.63) is 16.1 Å². The van der Waals surface area contributed by atoms with Crippen LogP contribution in [0.5, 0.6) is 0 Å². The molecule has 0 radical (unpaired) electrons. The van der Waals surface area contributed by atoms with Gasteiger partial charge in [-0.15, -0.1) is 35.3 Å². The van der Waals surface area contributed by atoms with Crippen molar-refractivity contribution in [2.24, 2.45) is 4.99 Å². The second-order valence-corrected chi connectivity index (χ2v) is 6.42. The fourth-order valence-corrected chi connectivity index (χ4v) is 2.62. The molecule has 6 nitrogen and oxygen atoms in total. The number of guanidine groups is 1. The van der Waals surface area contributed by atoms with Gasteiger partial charge in [-0.2, -0.15) is 0 Å². The third kappa shape index (κ3) is 10.9. The molecule has 0 aliphatic rings. The van der Waals surface area contributed by atoms with Crippen molar-refractivity contribution in [3.8, 4) is 0 Å². The van der Waals surface area contributed by atoms with E-state index in [2.05, 4.69) is 46.4 Å². The zero-order valence-electron chi connectivity index (χ0n) is 14.6. The topological polar surface area (TPSA) is 61.8 Å². The van der Waals surface area contributed by atoms with Gasteiger partial charge in [0.15, 0.2) is 5.96 Å². The van der Waals surface area contributed by atoms with E-state index in [1.807, 2.05) is 6.20 Å². The lowest BCUT2D eigenvalue weighted by Crippen LogP contribution is -2.39. The number of aryl methyl sites for hydroxylation is 1. The van der Waals surface area contributed by atoms with Crippen LogP contribution in [0.25, 0.3) is 0 Å². The van der Waals surface area contributed by atoms with Crippen LogP contribution in [0.15, 0.2) is 11.2 Å². The van der Waals surface area contributed by atoms with Gasteiger partial charge in [0.1, 0.15) is 0 Å². The number of aliphatic imine (C=N–C) groups is 1. The van der Waals surface area contributed by atoms with E-state index in [0.29, 0.717) is 0 Å². The molecule has 0 aliphatic carbocycles. The molecule has 0 fully saturated rings. The van der Waals surface area contributed by atoms with Crippen LogP contribution in [-0.4, -0.2) is 69.3 Å². The second-order valence-electron chi connectivity index (χ2n) is 5.10. The van der Waals surface area contributed by atoms with Gasteiger partial charge in [-0.3, -0.25) is 4.99 Å². The van der Waals surface area contributed by atoms with E-state index in [9.17, 15) is 0 Å². The zero-order valence-corrected chi connectivity index (χ0v) is 17.7. The molecule has 2 N–H and O–H groups in total. The number of thiazole rings is 1. The van der Waals surface area contributed by atoms with Gasteiger partial charge < -0.3 is 20.3 Å². The minimum Gasteiger partial charge on any atom is -0.383 e. The van der Waals surface area contributed by atoms with Gasteiger partial charge >= 0.3 is 0 Å². The summed E-state index contributed by atoms with van der Waals surface area (Å²) in [5, 5.41) is 7.79. The first-order valence-corrected chi connectivity index (χ1v) is 8.58. The van der Waals surface area contributed by atoms with Gasteiger partial charge in [0.25, 0.3) is 0 Å². The van der Waals surface area contributed by atoms with Crippen molar-refractivity contribution in [3.63, 3.8) is 0 Å². The molecule has 0 atom stereocenters. The molecule has 0 aliphatic heterocycles. The molecule has 0 saturated heterocycles. The lowest BCUT2D eigenvalue weighted by Gasteiger charge is -2.15. The number of hydrogen-bond donors (Lipinski definition) is 2. The Morgan fingerprint density at radius 2 is 2.17 bits per heavy atom. The lowest BCUT2D eigenvalue weighted by molar-refractivity contribution is 0.163. The number of aromatic nitrogens is 1. The van der Waals surface area contributed by atoms with E-state index in [4.69, 9.17) is 4.74 Å². The third-order valence-electron chi connectivity index (χ3n) is 3.07. The maximum absolute atomic E-state index is 5.07. The molecule has 0 unspecified atom stereocenters. The van der Waals surface area contributed by atoms with Crippen molar-refractivity contribution >= 4 is 41.3 Å². The highest BCUT2D eigenvalue weighted by molar-refractivity contribution is 14.0. The SMILES string of the molecule is CCNC(=NCCN(C)CCOC)NCCc1ncc(C)s1.I. The van der Waals surface area contributed by atoms with Crippen molar-refractivity contribution in [1.82, 2.24) is 20.5 Å². The van der Waals surface area contributed by atoms with Crippen LogP contribution in [0, 0.1) is 6.92 Å². The Morgan fingerprint density at radius 3 is 2.78 bits per heavy atom. The number of nitrogens with zero attached hydrogens (tertiary/aromatic N) is 3. The molecule has 8 heteroatoms. The van der Waals surface area contributed by atoms with Gasteiger partial charge in [-0.1, -0.05) is 0 Å². The molecule has 0 spiro atoms. The van der Waals surface area contributed by atoms with E-state index < -0.39 is 0 Å². The predicted octanol–water partition coefficient (Wildman–Crippen LogP) is 1.75. The van der Waals surface area contributed by atoms with E-state index in [0.717, 1.165) is 51.7 Å². The van der Waals surface area contributed by atoms with Crippen LogP contribution in [0.3, 0.4) is 0 Å². The zero-order chi connectivity index (χ0) is 16.2. The Labute approximate surface area is 161 Å². The van der Waals surface area contributed by atoms with Crippen LogP contribution in [0.1, 0.15) is 16.8 Å². The highest BCUT2D eigenvalue weighted by atomic mass is 127. The number of halogens is 1. The van der Waals surface area contributed by atoms with Crippen molar-refractivity contribution in [1.29, 1.82) is 0 Å². The van der Waals surface area contributed by atoms with Crippen LogP contribution in [0.4, 0.5) is 0 Å². The van der Waals surface area contributed by atoms with Crippen LogP contribution >= 0.6 is 35.3 Å². The van der Waals surface area contributed by atoms with E-state index in [1.165, 1.54) is 9.88 Å². The highest BCUT2D eigenvalue weighted by Crippen LogP contribution is 2.10. The molecule has 0 aromatic carbocycles. The van der Waals surface area contributed by atoms with Crippen LogP contribution < -0.4 is 10.6 Å².